The average Bonchev–Trinajstić information content (AvgIpc) is 2.65. The zero-order chi connectivity index (χ0) is 11.7. The summed E-state index contributed by atoms with van der Waals surface area (Å²) in [6.45, 7) is 1.86. The molecular weight excluding hydrogens is 206 g/mol. The van der Waals surface area contributed by atoms with Crippen LogP contribution in [0.3, 0.4) is 0 Å². The van der Waals surface area contributed by atoms with Crippen molar-refractivity contribution < 1.29 is 9.84 Å². The van der Waals surface area contributed by atoms with E-state index in [2.05, 4.69) is 10.2 Å². The molecule has 0 aliphatic carbocycles. The number of phenols is 1. The smallest absolute Gasteiger partial charge is 0.167 e. The number of rotatable bonds is 2. The van der Waals surface area contributed by atoms with Crippen molar-refractivity contribution in [3.8, 4) is 22.8 Å². The van der Waals surface area contributed by atoms with Gasteiger partial charge in [0, 0.05) is 11.6 Å². The third-order valence-electron chi connectivity index (χ3n) is 2.42. The van der Waals surface area contributed by atoms with Crippen LogP contribution in [0.15, 0.2) is 18.2 Å². The first-order chi connectivity index (χ1) is 7.63. The Morgan fingerprint density at radius 1 is 1.44 bits per heavy atom. The highest BCUT2D eigenvalue weighted by Crippen LogP contribution is 2.38. The molecule has 0 aliphatic rings. The summed E-state index contributed by atoms with van der Waals surface area (Å²) < 4.78 is 5.13. The van der Waals surface area contributed by atoms with Crippen LogP contribution in [0, 0.1) is 6.92 Å². The van der Waals surface area contributed by atoms with Gasteiger partial charge in [-0.25, -0.2) is 0 Å². The Hall–Kier alpha value is -2.17. The summed E-state index contributed by atoms with van der Waals surface area (Å²) in [6.07, 6.45) is 0. The van der Waals surface area contributed by atoms with Gasteiger partial charge >= 0.3 is 0 Å². The van der Waals surface area contributed by atoms with Crippen molar-refractivity contribution in [3.05, 3.63) is 23.8 Å². The zero-order valence-corrected chi connectivity index (χ0v) is 9.11. The highest BCUT2D eigenvalue weighted by atomic mass is 16.5. The van der Waals surface area contributed by atoms with E-state index < -0.39 is 0 Å². The molecule has 0 unspecified atom stereocenters. The largest absolute Gasteiger partial charge is 0.504 e. The summed E-state index contributed by atoms with van der Waals surface area (Å²) in [5.74, 6) is 0.936. The number of aromatic nitrogens is 2. The Kier molecular flexibility index (Phi) is 2.44. The van der Waals surface area contributed by atoms with Crippen molar-refractivity contribution >= 4 is 5.82 Å². The van der Waals surface area contributed by atoms with E-state index in [9.17, 15) is 5.11 Å². The number of nitrogens with one attached hydrogen (secondary N) is 1. The zero-order valence-electron chi connectivity index (χ0n) is 9.11. The molecule has 5 heteroatoms. The van der Waals surface area contributed by atoms with Crippen LogP contribution < -0.4 is 10.5 Å². The van der Waals surface area contributed by atoms with Gasteiger partial charge in [-0.2, -0.15) is 5.10 Å². The maximum Gasteiger partial charge on any atom is 0.167 e. The minimum absolute atomic E-state index is 0.0890. The summed E-state index contributed by atoms with van der Waals surface area (Å²) in [6, 6.07) is 5.31. The third-order valence-corrected chi connectivity index (χ3v) is 2.42. The van der Waals surface area contributed by atoms with E-state index in [4.69, 9.17) is 10.5 Å². The Labute approximate surface area is 92.9 Å². The molecule has 84 valence electrons. The van der Waals surface area contributed by atoms with Gasteiger partial charge in [0.25, 0.3) is 0 Å². The maximum absolute atomic E-state index is 10.0. The molecule has 0 saturated heterocycles. The van der Waals surface area contributed by atoms with Gasteiger partial charge in [-0.3, -0.25) is 5.10 Å². The van der Waals surface area contributed by atoms with Gasteiger partial charge in [0.05, 0.1) is 12.8 Å². The molecule has 2 rings (SSSR count). The highest BCUT2D eigenvalue weighted by Gasteiger charge is 2.13. The molecule has 0 bridgehead atoms. The van der Waals surface area contributed by atoms with E-state index in [0.29, 0.717) is 22.8 Å². The second kappa shape index (κ2) is 3.77. The molecule has 2 aromatic rings. The quantitative estimate of drug-likeness (QED) is 0.717. The molecule has 0 amide bonds. The number of phenolic OH excluding ortho intramolecular Hbond substituents is 1. The number of hydrogen-bond acceptors (Lipinski definition) is 4. The maximum atomic E-state index is 10.0. The second-order valence-electron chi connectivity index (χ2n) is 3.52. The van der Waals surface area contributed by atoms with Crippen molar-refractivity contribution in [1.82, 2.24) is 10.2 Å². The number of hydrogen-bond donors (Lipinski definition) is 3. The van der Waals surface area contributed by atoms with Crippen LogP contribution in [-0.4, -0.2) is 22.4 Å². The van der Waals surface area contributed by atoms with Crippen LogP contribution in [0.1, 0.15) is 5.56 Å². The number of anilines is 1. The number of nitrogen functional groups attached to an aromatic ring is 1. The van der Waals surface area contributed by atoms with Crippen molar-refractivity contribution in [2.24, 2.45) is 0 Å². The average molecular weight is 219 g/mol. The number of methoxy groups -OCH3 is 1. The molecule has 0 fully saturated rings. The summed E-state index contributed by atoms with van der Waals surface area (Å²) in [5.41, 5.74) is 7.66. The molecule has 16 heavy (non-hydrogen) atoms. The van der Waals surface area contributed by atoms with E-state index in [1.54, 1.807) is 12.1 Å². The number of benzene rings is 1. The molecule has 0 aliphatic heterocycles. The van der Waals surface area contributed by atoms with E-state index in [0.717, 1.165) is 5.56 Å². The molecule has 5 nitrogen and oxygen atoms in total. The van der Waals surface area contributed by atoms with Crippen LogP contribution in [0.5, 0.6) is 11.5 Å². The van der Waals surface area contributed by atoms with Gasteiger partial charge in [0.1, 0.15) is 5.82 Å². The Balaban J connectivity index is 2.58. The van der Waals surface area contributed by atoms with Gasteiger partial charge in [-0.05, 0) is 18.6 Å². The number of nitrogens with two attached hydrogens (primary N) is 1. The van der Waals surface area contributed by atoms with Crippen LogP contribution >= 0.6 is 0 Å². The van der Waals surface area contributed by atoms with Crippen LogP contribution in [-0.2, 0) is 0 Å². The standard InChI is InChI=1S/C11H13N3O2/c1-6-3-4-7(10(15)11(6)16-2)8-5-9(12)14-13-8/h3-5,15H,1-2H3,(H3,12,13,14). The molecule has 0 saturated carbocycles. The lowest BCUT2D eigenvalue weighted by Gasteiger charge is -2.10. The predicted molar refractivity (Wildman–Crippen MR) is 61.4 cm³/mol. The minimum Gasteiger partial charge on any atom is -0.504 e. The Bertz CT molecular complexity index is 520. The van der Waals surface area contributed by atoms with Gasteiger partial charge in [0.15, 0.2) is 11.5 Å². The van der Waals surface area contributed by atoms with Crippen LogP contribution in [0.4, 0.5) is 5.82 Å². The fourth-order valence-electron chi connectivity index (χ4n) is 1.62. The number of aryl methyl sites for hydroxylation is 1. The van der Waals surface area contributed by atoms with E-state index in [1.165, 1.54) is 7.11 Å². The molecule has 0 atom stereocenters. The molecular formula is C11H13N3O2. The van der Waals surface area contributed by atoms with Crippen molar-refractivity contribution in [3.63, 3.8) is 0 Å². The normalized spacial score (nSPS) is 10.4. The van der Waals surface area contributed by atoms with Gasteiger partial charge in [0.2, 0.25) is 0 Å². The summed E-state index contributed by atoms with van der Waals surface area (Å²) >= 11 is 0. The van der Waals surface area contributed by atoms with E-state index in [1.807, 2.05) is 13.0 Å². The molecule has 1 aromatic heterocycles. The van der Waals surface area contributed by atoms with Crippen molar-refractivity contribution in [1.29, 1.82) is 0 Å². The lowest BCUT2D eigenvalue weighted by atomic mass is 10.1. The topological polar surface area (TPSA) is 84.2 Å². The SMILES string of the molecule is COc1c(C)ccc(-c2cc(N)n[nH]2)c1O. The monoisotopic (exact) mass is 219 g/mol. The van der Waals surface area contributed by atoms with Gasteiger partial charge in [-0.1, -0.05) is 6.07 Å². The van der Waals surface area contributed by atoms with Crippen molar-refractivity contribution in [2.45, 2.75) is 6.92 Å². The van der Waals surface area contributed by atoms with Crippen LogP contribution in [0.2, 0.25) is 0 Å². The lowest BCUT2D eigenvalue weighted by Crippen LogP contribution is -1.90. The molecule has 1 aromatic carbocycles. The van der Waals surface area contributed by atoms with E-state index >= 15 is 0 Å². The molecule has 0 spiro atoms. The number of nitrogens with zero attached hydrogens (tertiary/aromatic N) is 1. The number of ether oxygens (including phenoxy) is 1. The first-order valence-corrected chi connectivity index (χ1v) is 4.81. The first kappa shape index (κ1) is 10.4. The summed E-state index contributed by atoms with van der Waals surface area (Å²) in [5, 5.41) is 16.6. The van der Waals surface area contributed by atoms with Gasteiger partial charge < -0.3 is 15.6 Å². The third kappa shape index (κ3) is 1.56. The van der Waals surface area contributed by atoms with E-state index in [-0.39, 0.29) is 5.75 Å². The number of aromatic amines is 1. The first-order valence-electron chi connectivity index (χ1n) is 4.81. The predicted octanol–water partition coefficient (Wildman–Crippen LogP) is 1.68. The minimum atomic E-state index is 0.0890. The number of aromatic hydroxyl groups is 1. The lowest BCUT2D eigenvalue weighted by molar-refractivity contribution is 0.372. The molecule has 1 heterocycles. The Morgan fingerprint density at radius 3 is 2.75 bits per heavy atom. The summed E-state index contributed by atoms with van der Waals surface area (Å²) in [4.78, 5) is 0. The highest BCUT2D eigenvalue weighted by molar-refractivity contribution is 5.73. The molecule has 4 N–H and O–H groups in total. The fraction of sp³-hybridized carbons (Fsp3) is 0.182. The summed E-state index contributed by atoms with van der Waals surface area (Å²) in [7, 11) is 1.52. The fourth-order valence-corrected chi connectivity index (χ4v) is 1.62. The number of H-pyrrole nitrogens is 1. The van der Waals surface area contributed by atoms with Crippen LogP contribution in [0.25, 0.3) is 11.3 Å². The van der Waals surface area contributed by atoms with Gasteiger partial charge in [-0.15, -0.1) is 0 Å². The second-order valence-corrected chi connectivity index (χ2v) is 3.52. The molecule has 0 radical (unpaired) electrons. The Morgan fingerprint density at radius 2 is 2.19 bits per heavy atom. The van der Waals surface area contributed by atoms with Crippen molar-refractivity contribution in [2.75, 3.05) is 12.8 Å².